The lowest BCUT2D eigenvalue weighted by Crippen LogP contribution is -2.39. The predicted molar refractivity (Wildman–Crippen MR) is 71.8 cm³/mol. The van der Waals surface area contributed by atoms with E-state index in [0.29, 0.717) is 18.3 Å². The van der Waals surface area contributed by atoms with Gasteiger partial charge in [-0.3, -0.25) is 0 Å². The molecule has 0 aromatic heterocycles. The molecule has 3 unspecified atom stereocenters. The van der Waals surface area contributed by atoms with Crippen molar-refractivity contribution in [2.75, 3.05) is 0 Å². The molecular weight excluding hydrogens is 227 g/mol. The zero-order valence-corrected chi connectivity index (χ0v) is 11.3. The summed E-state index contributed by atoms with van der Waals surface area (Å²) in [7, 11) is 0. The van der Waals surface area contributed by atoms with Crippen molar-refractivity contribution in [1.29, 1.82) is 0 Å². The van der Waals surface area contributed by atoms with Crippen LogP contribution in [0.1, 0.15) is 45.1 Å². The highest BCUT2D eigenvalue weighted by molar-refractivity contribution is 5.18. The minimum Gasteiger partial charge on any atom is -0.390 e. The Kier molecular flexibility index (Phi) is 4.06. The van der Waals surface area contributed by atoms with Gasteiger partial charge in [-0.1, -0.05) is 31.9 Å². The van der Waals surface area contributed by atoms with E-state index in [4.69, 9.17) is 0 Å². The maximum atomic E-state index is 13.2. The molecule has 1 aromatic rings. The Labute approximate surface area is 109 Å². The second kappa shape index (κ2) is 5.40. The summed E-state index contributed by atoms with van der Waals surface area (Å²) in [5.74, 6) is 0.813. The molecule has 1 saturated carbocycles. The van der Waals surface area contributed by atoms with Gasteiger partial charge in [0.05, 0.1) is 5.60 Å². The lowest BCUT2D eigenvalue weighted by molar-refractivity contribution is -0.0238. The van der Waals surface area contributed by atoms with Gasteiger partial charge >= 0.3 is 0 Å². The van der Waals surface area contributed by atoms with Crippen molar-refractivity contribution in [3.63, 3.8) is 0 Å². The van der Waals surface area contributed by atoms with Crippen LogP contribution in [0.4, 0.5) is 4.39 Å². The third-order valence-electron chi connectivity index (χ3n) is 4.27. The van der Waals surface area contributed by atoms with E-state index < -0.39 is 5.60 Å². The Morgan fingerprint density at radius 1 is 1.39 bits per heavy atom. The van der Waals surface area contributed by atoms with Crippen LogP contribution >= 0.6 is 0 Å². The monoisotopic (exact) mass is 250 g/mol. The average molecular weight is 250 g/mol. The van der Waals surface area contributed by atoms with Gasteiger partial charge in [0, 0.05) is 6.42 Å². The number of benzene rings is 1. The summed E-state index contributed by atoms with van der Waals surface area (Å²) in [6.45, 7) is 4.16. The van der Waals surface area contributed by atoms with Gasteiger partial charge in [0.25, 0.3) is 0 Å². The fourth-order valence-corrected chi connectivity index (χ4v) is 3.20. The highest BCUT2D eigenvalue weighted by Gasteiger charge is 2.34. The van der Waals surface area contributed by atoms with Crippen molar-refractivity contribution in [1.82, 2.24) is 0 Å². The van der Waals surface area contributed by atoms with Gasteiger partial charge in [0.1, 0.15) is 5.82 Å². The van der Waals surface area contributed by atoms with Crippen LogP contribution in [0.2, 0.25) is 0 Å². The van der Waals surface area contributed by atoms with Crippen molar-refractivity contribution < 1.29 is 9.50 Å². The molecule has 0 heterocycles. The van der Waals surface area contributed by atoms with Crippen molar-refractivity contribution in [3.8, 4) is 0 Å². The third kappa shape index (κ3) is 3.32. The van der Waals surface area contributed by atoms with E-state index in [-0.39, 0.29) is 5.82 Å². The number of halogens is 1. The second-order valence-electron chi connectivity index (χ2n) is 6.13. The van der Waals surface area contributed by atoms with Crippen LogP contribution in [-0.4, -0.2) is 10.7 Å². The Balaban J connectivity index is 2.06. The molecule has 1 nitrogen and oxygen atoms in total. The van der Waals surface area contributed by atoms with Gasteiger partial charge in [0.2, 0.25) is 0 Å². The van der Waals surface area contributed by atoms with Crippen LogP contribution in [0.5, 0.6) is 0 Å². The van der Waals surface area contributed by atoms with Crippen molar-refractivity contribution in [2.45, 2.75) is 51.6 Å². The van der Waals surface area contributed by atoms with Gasteiger partial charge in [0.15, 0.2) is 0 Å². The fourth-order valence-electron chi connectivity index (χ4n) is 3.20. The zero-order valence-electron chi connectivity index (χ0n) is 11.3. The summed E-state index contributed by atoms with van der Waals surface area (Å²) in [6, 6.07) is 6.58. The lowest BCUT2D eigenvalue weighted by Gasteiger charge is -2.38. The van der Waals surface area contributed by atoms with Crippen molar-refractivity contribution in [2.24, 2.45) is 11.8 Å². The molecule has 3 atom stereocenters. The molecule has 1 aliphatic carbocycles. The average Bonchev–Trinajstić information content (AvgIpc) is 2.28. The summed E-state index contributed by atoms with van der Waals surface area (Å²) in [4.78, 5) is 0. The lowest BCUT2D eigenvalue weighted by atomic mass is 9.72. The molecule has 1 aliphatic rings. The first-order chi connectivity index (χ1) is 8.47. The highest BCUT2D eigenvalue weighted by atomic mass is 19.1. The molecule has 0 radical (unpaired) electrons. The van der Waals surface area contributed by atoms with E-state index in [0.717, 1.165) is 18.4 Å². The Bertz CT molecular complexity index is 400. The van der Waals surface area contributed by atoms with Gasteiger partial charge in [-0.25, -0.2) is 4.39 Å². The molecule has 18 heavy (non-hydrogen) atoms. The van der Waals surface area contributed by atoms with Crippen LogP contribution in [-0.2, 0) is 6.42 Å². The molecule has 2 rings (SSSR count). The second-order valence-corrected chi connectivity index (χ2v) is 6.13. The topological polar surface area (TPSA) is 20.2 Å². The van der Waals surface area contributed by atoms with Crippen LogP contribution in [0.25, 0.3) is 0 Å². The van der Waals surface area contributed by atoms with Crippen molar-refractivity contribution >= 4 is 0 Å². The molecule has 0 aliphatic heterocycles. The van der Waals surface area contributed by atoms with Crippen LogP contribution in [0, 0.1) is 17.7 Å². The first-order valence-electron chi connectivity index (χ1n) is 6.94. The SMILES string of the molecule is CC1CCCC(C(C)(O)Cc2cccc(F)c2)C1. The summed E-state index contributed by atoms with van der Waals surface area (Å²) in [5, 5.41) is 10.7. The van der Waals surface area contributed by atoms with Gasteiger partial charge < -0.3 is 5.11 Å². The smallest absolute Gasteiger partial charge is 0.123 e. The number of aliphatic hydroxyl groups is 1. The molecule has 0 spiro atoms. The standard InChI is InChI=1S/C16H23FO/c1-12-5-3-7-14(9-12)16(2,18)11-13-6-4-8-15(17)10-13/h4,6,8,10,12,14,18H,3,5,7,9,11H2,1-2H3. The van der Waals surface area contributed by atoms with E-state index in [1.807, 2.05) is 13.0 Å². The normalized spacial score (nSPS) is 27.8. The zero-order chi connectivity index (χ0) is 13.2. The Hall–Kier alpha value is -0.890. The fraction of sp³-hybridized carbons (Fsp3) is 0.625. The number of rotatable bonds is 3. The van der Waals surface area contributed by atoms with Crippen molar-refractivity contribution in [3.05, 3.63) is 35.6 Å². The Morgan fingerprint density at radius 3 is 2.83 bits per heavy atom. The van der Waals surface area contributed by atoms with Gasteiger partial charge in [-0.05, 0) is 49.3 Å². The molecule has 1 aromatic carbocycles. The van der Waals surface area contributed by atoms with E-state index >= 15 is 0 Å². The molecule has 1 fully saturated rings. The summed E-state index contributed by atoms with van der Waals surface area (Å²) in [5.41, 5.74) is 0.167. The third-order valence-corrected chi connectivity index (χ3v) is 4.27. The summed E-state index contributed by atoms with van der Waals surface area (Å²) in [6.07, 6.45) is 5.19. The molecule has 0 bridgehead atoms. The van der Waals surface area contributed by atoms with Crippen LogP contribution in [0.15, 0.2) is 24.3 Å². The number of hydrogen-bond donors (Lipinski definition) is 1. The quantitative estimate of drug-likeness (QED) is 0.861. The first-order valence-corrected chi connectivity index (χ1v) is 6.94. The van der Waals surface area contributed by atoms with E-state index in [2.05, 4.69) is 6.92 Å². The first kappa shape index (κ1) is 13.5. The minimum absolute atomic E-state index is 0.222. The van der Waals surface area contributed by atoms with Gasteiger partial charge in [-0.2, -0.15) is 0 Å². The number of hydrogen-bond acceptors (Lipinski definition) is 1. The molecule has 0 saturated heterocycles. The molecule has 0 amide bonds. The molecule has 2 heteroatoms. The molecule has 100 valence electrons. The largest absolute Gasteiger partial charge is 0.390 e. The maximum Gasteiger partial charge on any atom is 0.123 e. The van der Waals surface area contributed by atoms with Crippen LogP contribution < -0.4 is 0 Å². The molecule has 1 N–H and O–H groups in total. The summed E-state index contributed by atoms with van der Waals surface area (Å²) >= 11 is 0. The van der Waals surface area contributed by atoms with Gasteiger partial charge in [-0.15, -0.1) is 0 Å². The molecular formula is C16H23FO. The predicted octanol–water partition coefficient (Wildman–Crippen LogP) is 3.95. The van der Waals surface area contributed by atoms with Crippen LogP contribution in [0.3, 0.4) is 0 Å². The summed E-state index contributed by atoms with van der Waals surface area (Å²) < 4.78 is 13.2. The maximum absolute atomic E-state index is 13.2. The minimum atomic E-state index is -0.720. The van der Waals surface area contributed by atoms with E-state index in [1.165, 1.54) is 25.0 Å². The van der Waals surface area contributed by atoms with E-state index in [9.17, 15) is 9.50 Å². The highest BCUT2D eigenvalue weighted by Crippen LogP contribution is 2.37. The Morgan fingerprint density at radius 2 is 2.17 bits per heavy atom. The van der Waals surface area contributed by atoms with E-state index in [1.54, 1.807) is 6.07 Å².